The van der Waals surface area contributed by atoms with E-state index in [0.717, 1.165) is 52.4 Å². The highest BCUT2D eigenvalue weighted by atomic mass is 32.1. The molecule has 7 nitrogen and oxygen atoms in total. The van der Waals surface area contributed by atoms with E-state index in [-0.39, 0.29) is 5.91 Å². The average Bonchev–Trinajstić information content (AvgIpc) is 3.37. The lowest BCUT2D eigenvalue weighted by Gasteiger charge is -2.31. The van der Waals surface area contributed by atoms with E-state index in [2.05, 4.69) is 26.3 Å². The number of likely N-dealkylation sites (tertiary alicyclic amines) is 1. The monoisotopic (exact) mass is 366 g/mol. The zero-order valence-electron chi connectivity index (χ0n) is 14.1. The second-order valence-corrected chi connectivity index (χ2v) is 7.68. The van der Waals surface area contributed by atoms with Crippen LogP contribution in [0.2, 0.25) is 0 Å². The SMILES string of the molecule is O=C(Cc1c[nH]c2ccccc12)N1CCC(c2nn3cnnc3s2)CC1. The number of H-pyrrole nitrogens is 1. The summed E-state index contributed by atoms with van der Waals surface area (Å²) in [4.78, 5) is 18.8. The summed E-state index contributed by atoms with van der Waals surface area (Å²) in [7, 11) is 0. The molecule has 1 amide bonds. The third-order valence-corrected chi connectivity index (χ3v) is 6.19. The lowest BCUT2D eigenvalue weighted by atomic mass is 9.97. The maximum absolute atomic E-state index is 12.7. The lowest BCUT2D eigenvalue weighted by Crippen LogP contribution is -2.38. The third-order valence-electron chi connectivity index (χ3n) is 5.12. The fraction of sp³-hybridized carbons (Fsp3) is 0.333. The molecule has 3 aromatic heterocycles. The summed E-state index contributed by atoms with van der Waals surface area (Å²) in [6, 6.07) is 8.11. The van der Waals surface area contributed by atoms with Gasteiger partial charge in [0.25, 0.3) is 0 Å². The molecule has 0 atom stereocenters. The second kappa shape index (κ2) is 6.21. The number of carbonyl (C=O) groups is 1. The number of amides is 1. The highest BCUT2D eigenvalue weighted by Gasteiger charge is 2.26. The molecule has 5 rings (SSSR count). The number of nitrogens with zero attached hydrogens (tertiary/aromatic N) is 5. The molecular weight excluding hydrogens is 348 g/mol. The molecule has 0 unspecified atom stereocenters. The zero-order chi connectivity index (χ0) is 17.5. The first-order chi connectivity index (χ1) is 12.8. The molecule has 132 valence electrons. The van der Waals surface area contributed by atoms with Crippen LogP contribution >= 0.6 is 11.3 Å². The fourth-order valence-electron chi connectivity index (χ4n) is 3.67. The Labute approximate surface area is 153 Å². The molecule has 1 aliphatic rings. The Morgan fingerprint density at radius 2 is 2.12 bits per heavy atom. The minimum absolute atomic E-state index is 0.200. The van der Waals surface area contributed by atoms with Gasteiger partial charge in [0.2, 0.25) is 10.9 Å². The molecule has 1 saturated heterocycles. The summed E-state index contributed by atoms with van der Waals surface area (Å²) in [5.74, 6) is 0.602. The molecule has 0 spiro atoms. The van der Waals surface area contributed by atoms with Gasteiger partial charge in [-0.05, 0) is 24.5 Å². The van der Waals surface area contributed by atoms with Crippen molar-refractivity contribution in [1.29, 1.82) is 0 Å². The first kappa shape index (κ1) is 15.5. The molecule has 1 aliphatic heterocycles. The number of benzene rings is 1. The van der Waals surface area contributed by atoms with E-state index >= 15 is 0 Å². The minimum atomic E-state index is 0.200. The van der Waals surface area contributed by atoms with Gasteiger partial charge in [-0.15, -0.1) is 10.2 Å². The number of hydrogen-bond donors (Lipinski definition) is 1. The van der Waals surface area contributed by atoms with Gasteiger partial charge in [-0.25, -0.2) is 0 Å². The third kappa shape index (κ3) is 2.66. The van der Waals surface area contributed by atoms with Gasteiger partial charge in [-0.1, -0.05) is 29.5 Å². The number of nitrogens with one attached hydrogen (secondary N) is 1. The summed E-state index contributed by atoms with van der Waals surface area (Å²) in [5.41, 5.74) is 2.15. The van der Waals surface area contributed by atoms with Gasteiger partial charge in [0, 0.05) is 36.1 Å². The van der Waals surface area contributed by atoms with Crippen LogP contribution in [0.5, 0.6) is 0 Å². The van der Waals surface area contributed by atoms with Crippen molar-refractivity contribution in [2.45, 2.75) is 25.2 Å². The van der Waals surface area contributed by atoms with Gasteiger partial charge in [-0.3, -0.25) is 4.79 Å². The Morgan fingerprint density at radius 3 is 2.96 bits per heavy atom. The molecular formula is C18H18N6OS. The van der Waals surface area contributed by atoms with Crippen LogP contribution in [-0.2, 0) is 11.2 Å². The Kier molecular flexibility index (Phi) is 3.70. The molecule has 4 aromatic rings. The van der Waals surface area contributed by atoms with E-state index < -0.39 is 0 Å². The molecule has 0 aliphatic carbocycles. The number of fused-ring (bicyclic) bond motifs is 2. The van der Waals surface area contributed by atoms with Crippen molar-refractivity contribution < 1.29 is 4.79 Å². The smallest absolute Gasteiger partial charge is 0.234 e. The fourth-order valence-corrected chi connectivity index (χ4v) is 4.66. The number of para-hydroxylation sites is 1. The van der Waals surface area contributed by atoms with Crippen LogP contribution in [0, 0.1) is 0 Å². The Hall–Kier alpha value is -2.74. The van der Waals surface area contributed by atoms with Crippen molar-refractivity contribution in [3.05, 3.63) is 47.4 Å². The van der Waals surface area contributed by atoms with Crippen molar-refractivity contribution >= 4 is 33.1 Å². The minimum Gasteiger partial charge on any atom is -0.361 e. The number of rotatable bonds is 3. The Balaban J connectivity index is 1.24. The molecule has 0 radical (unpaired) electrons. The molecule has 1 aromatic carbocycles. The molecule has 0 saturated carbocycles. The van der Waals surface area contributed by atoms with Crippen molar-refractivity contribution in [3.63, 3.8) is 0 Å². The Morgan fingerprint density at radius 1 is 1.27 bits per heavy atom. The molecule has 26 heavy (non-hydrogen) atoms. The average molecular weight is 366 g/mol. The van der Waals surface area contributed by atoms with Crippen molar-refractivity contribution in [2.24, 2.45) is 0 Å². The highest BCUT2D eigenvalue weighted by molar-refractivity contribution is 7.16. The van der Waals surface area contributed by atoms with Crippen LogP contribution in [0.3, 0.4) is 0 Å². The van der Waals surface area contributed by atoms with Crippen LogP contribution in [0.1, 0.15) is 29.3 Å². The van der Waals surface area contributed by atoms with E-state index in [1.165, 1.54) is 0 Å². The number of aromatic nitrogens is 5. The van der Waals surface area contributed by atoms with Gasteiger partial charge in [0.05, 0.1) is 6.42 Å². The first-order valence-electron chi connectivity index (χ1n) is 8.77. The first-order valence-corrected chi connectivity index (χ1v) is 9.59. The predicted octanol–water partition coefficient (Wildman–Crippen LogP) is 2.62. The van der Waals surface area contributed by atoms with Crippen LogP contribution < -0.4 is 0 Å². The molecule has 0 bridgehead atoms. The van der Waals surface area contributed by atoms with E-state index in [9.17, 15) is 4.79 Å². The molecule has 1 fully saturated rings. The van der Waals surface area contributed by atoms with Gasteiger partial charge < -0.3 is 9.88 Å². The zero-order valence-corrected chi connectivity index (χ0v) is 14.9. The number of piperidine rings is 1. The predicted molar refractivity (Wildman–Crippen MR) is 99.2 cm³/mol. The standard InChI is InChI=1S/C18H18N6OS/c25-16(9-13-10-19-15-4-2-1-3-14(13)15)23-7-5-12(6-8-23)17-22-24-11-20-21-18(24)26-17/h1-4,10-12,19H,5-9H2. The summed E-state index contributed by atoms with van der Waals surface area (Å²) in [6.45, 7) is 1.57. The van der Waals surface area contributed by atoms with Crippen LogP contribution in [0.15, 0.2) is 36.8 Å². The van der Waals surface area contributed by atoms with Gasteiger partial charge in [-0.2, -0.15) is 9.61 Å². The van der Waals surface area contributed by atoms with Crippen molar-refractivity contribution in [3.8, 4) is 0 Å². The summed E-state index contributed by atoms with van der Waals surface area (Å²) in [6.07, 6.45) is 5.93. The second-order valence-electron chi connectivity index (χ2n) is 6.69. The van der Waals surface area contributed by atoms with Gasteiger partial charge in [0.15, 0.2) is 0 Å². The Bertz CT molecular complexity index is 1040. The van der Waals surface area contributed by atoms with E-state index in [1.807, 2.05) is 29.3 Å². The van der Waals surface area contributed by atoms with Crippen LogP contribution in [0.25, 0.3) is 15.9 Å². The summed E-state index contributed by atoms with van der Waals surface area (Å²) < 4.78 is 1.73. The normalized spacial score (nSPS) is 15.9. The van der Waals surface area contributed by atoms with E-state index in [1.54, 1.807) is 22.2 Å². The summed E-state index contributed by atoms with van der Waals surface area (Å²) in [5, 5.41) is 14.7. The number of aromatic amines is 1. The topological polar surface area (TPSA) is 79.2 Å². The molecule has 8 heteroatoms. The van der Waals surface area contributed by atoms with Gasteiger partial charge in [0.1, 0.15) is 11.3 Å². The van der Waals surface area contributed by atoms with Crippen molar-refractivity contribution in [2.75, 3.05) is 13.1 Å². The summed E-state index contributed by atoms with van der Waals surface area (Å²) >= 11 is 1.60. The highest BCUT2D eigenvalue weighted by Crippen LogP contribution is 2.31. The molecule has 1 N–H and O–H groups in total. The maximum atomic E-state index is 12.7. The van der Waals surface area contributed by atoms with Crippen LogP contribution in [0.4, 0.5) is 0 Å². The maximum Gasteiger partial charge on any atom is 0.234 e. The van der Waals surface area contributed by atoms with Crippen LogP contribution in [-0.4, -0.2) is 48.7 Å². The number of carbonyl (C=O) groups excluding carboxylic acids is 1. The quantitative estimate of drug-likeness (QED) is 0.604. The largest absolute Gasteiger partial charge is 0.361 e. The van der Waals surface area contributed by atoms with E-state index in [0.29, 0.717) is 12.3 Å². The lowest BCUT2D eigenvalue weighted by molar-refractivity contribution is -0.131. The molecule has 4 heterocycles. The number of hydrogen-bond acceptors (Lipinski definition) is 5. The van der Waals surface area contributed by atoms with Gasteiger partial charge >= 0.3 is 0 Å². The van der Waals surface area contributed by atoms with E-state index in [4.69, 9.17) is 0 Å². The van der Waals surface area contributed by atoms with Crippen molar-refractivity contribution in [1.82, 2.24) is 29.7 Å².